The second-order valence-electron chi connectivity index (χ2n) is 2.44. The smallest absolute Gasteiger partial charge is 0.537 e. The van der Waals surface area contributed by atoms with Crippen molar-refractivity contribution < 1.29 is 26.6 Å². The molecule has 0 bridgehead atoms. The molecular weight excluding hydrogens is 190 g/mol. The van der Waals surface area contributed by atoms with Gasteiger partial charge in [0.05, 0.1) is 0 Å². The van der Waals surface area contributed by atoms with Crippen LogP contribution in [-0.2, 0) is 26.6 Å². The van der Waals surface area contributed by atoms with E-state index in [1.54, 1.807) is 7.11 Å². The van der Waals surface area contributed by atoms with Gasteiger partial charge in [0, 0.05) is 7.11 Å². The van der Waals surface area contributed by atoms with E-state index >= 15 is 0 Å². The fourth-order valence-electron chi connectivity index (χ4n) is 0.274. The molecule has 4 heteroatoms. The first-order chi connectivity index (χ1) is 3.06. The molecule has 68 valence electrons. The van der Waals surface area contributed by atoms with Gasteiger partial charge < -0.3 is 32.3 Å². The van der Waals surface area contributed by atoms with Gasteiger partial charge in [-0.2, -0.15) is 0 Å². The summed E-state index contributed by atoms with van der Waals surface area (Å²) in [6, 6.07) is 0. The van der Waals surface area contributed by atoms with E-state index in [1.807, 2.05) is 0 Å². The van der Waals surface area contributed by atoms with Crippen molar-refractivity contribution in [2.45, 2.75) is 19.6 Å². The van der Waals surface area contributed by atoms with Crippen LogP contribution in [0.1, 0.15) is 0 Å². The molecule has 0 fully saturated rings. The SMILES string of the molecule is CO[N-][Si](C)(C)C.[CH3-].[CH3-].[CH3-].[Ti+4]. The molecule has 0 aliphatic rings. The summed E-state index contributed by atoms with van der Waals surface area (Å²) in [6.45, 7) is 6.36. The van der Waals surface area contributed by atoms with Gasteiger partial charge in [0.1, 0.15) is 0 Å². The molecule has 0 saturated heterocycles. The first kappa shape index (κ1) is 29.7. The van der Waals surface area contributed by atoms with Crippen LogP contribution in [0.3, 0.4) is 0 Å². The predicted octanol–water partition coefficient (Wildman–Crippen LogP) is 3.10. The summed E-state index contributed by atoms with van der Waals surface area (Å²) >= 11 is 0. The Bertz CT molecular complexity index is 56.9. The van der Waals surface area contributed by atoms with Crippen LogP contribution in [0.25, 0.3) is 5.15 Å². The molecule has 0 aromatic carbocycles. The number of rotatable bonds is 2. The van der Waals surface area contributed by atoms with Gasteiger partial charge in [0.15, 0.2) is 0 Å². The second kappa shape index (κ2) is 13.4. The van der Waals surface area contributed by atoms with E-state index < -0.39 is 8.24 Å². The van der Waals surface area contributed by atoms with Crippen molar-refractivity contribution in [3.05, 3.63) is 27.4 Å². The van der Waals surface area contributed by atoms with Crippen LogP contribution in [0.15, 0.2) is 0 Å². The van der Waals surface area contributed by atoms with Gasteiger partial charge in [-0.3, -0.25) is 0 Å². The Labute approximate surface area is 89.0 Å². The third-order valence-corrected chi connectivity index (χ3v) is 1.10. The molecule has 0 aliphatic heterocycles. The third-order valence-electron chi connectivity index (χ3n) is 0.365. The molecule has 0 aromatic heterocycles. The summed E-state index contributed by atoms with van der Waals surface area (Å²) in [4.78, 5) is 4.59. The maximum atomic E-state index is 4.59. The Balaban J connectivity index is -0.0000000300. The molecule has 11 heavy (non-hydrogen) atoms. The molecule has 0 radical (unpaired) electrons. The van der Waals surface area contributed by atoms with Crippen LogP contribution in [0.4, 0.5) is 0 Å². The molecule has 0 saturated carbocycles. The molecule has 0 heterocycles. The van der Waals surface area contributed by atoms with E-state index in [0.717, 1.165) is 0 Å². The summed E-state index contributed by atoms with van der Waals surface area (Å²) in [7, 11) is 0.341. The molecule has 0 aliphatic carbocycles. The number of nitrogens with zero attached hydrogens (tertiary/aromatic N) is 1. The number of hydrogen-bond acceptors (Lipinski definition) is 1. The Morgan fingerprint density at radius 1 is 1.00 bits per heavy atom. The van der Waals surface area contributed by atoms with Crippen LogP contribution in [0, 0.1) is 22.3 Å². The molecule has 2 nitrogen and oxygen atoms in total. The fourth-order valence-corrected chi connectivity index (χ4v) is 0.822. The largest absolute Gasteiger partial charge is 4.00 e. The molecule has 0 unspecified atom stereocenters. The Kier molecular flexibility index (Phi) is 36.3. The van der Waals surface area contributed by atoms with Crippen LogP contribution < -0.4 is 0 Å². The minimum absolute atomic E-state index is 0. The van der Waals surface area contributed by atoms with Crippen molar-refractivity contribution in [1.29, 1.82) is 0 Å². The monoisotopic (exact) mass is 211 g/mol. The standard InChI is InChI=1S/C4H12NOSi.3CH3.Ti/c1-6-5-7(2,3)4;;;;/h1-4H3;3*1H3;/q4*-1;+4. The molecule has 0 amide bonds. The van der Waals surface area contributed by atoms with E-state index in [9.17, 15) is 0 Å². The zero-order valence-electron chi connectivity index (χ0n) is 8.86. The van der Waals surface area contributed by atoms with Crippen LogP contribution in [-0.4, -0.2) is 15.3 Å². The van der Waals surface area contributed by atoms with Gasteiger partial charge in [0.2, 0.25) is 0 Å². The Morgan fingerprint density at radius 3 is 1.27 bits per heavy atom. The van der Waals surface area contributed by atoms with Crippen molar-refractivity contribution >= 4 is 8.24 Å². The molecule has 0 rings (SSSR count). The summed E-state index contributed by atoms with van der Waals surface area (Å²) in [6.07, 6.45) is 0. The van der Waals surface area contributed by atoms with Gasteiger partial charge in [-0.25, -0.2) is 0 Å². The van der Waals surface area contributed by atoms with Crippen molar-refractivity contribution in [3.8, 4) is 0 Å². The van der Waals surface area contributed by atoms with Crippen molar-refractivity contribution in [3.63, 3.8) is 0 Å². The topological polar surface area (TPSA) is 23.3 Å². The van der Waals surface area contributed by atoms with Crippen molar-refractivity contribution in [2.24, 2.45) is 0 Å². The summed E-state index contributed by atoms with van der Waals surface area (Å²) in [5.41, 5.74) is 0. The van der Waals surface area contributed by atoms with E-state index in [0.29, 0.717) is 0 Å². The summed E-state index contributed by atoms with van der Waals surface area (Å²) < 4.78 is 0. The van der Waals surface area contributed by atoms with Crippen LogP contribution in [0.5, 0.6) is 0 Å². The molecule has 0 aromatic rings. The number of hydrogen-bond donors (Lipinski definition) is 0. The quantitative estimate of drug-likeness (QED) is 0.391. The summed E-state index contributed by atoms with van der Waals surface area (Å²) in [5, 5.41) is 3.90. The average Bonchev–Trinajstić information content (AvgIpc) is 1.30. The van der Waals surface area contributed by atoms with E-state index in [1.165, 1.54) is 0 Å². The molecule has 0 atom stereocenters. The summed E-state index contributed by atoms with van der Waals surface area (Å²) in [5.74, 6) is 0. The maximum Gasteiger partial charge on any atom is 4.00 e. The normalized spacial score (nSPS) is 7.64. The van der Waals surface area contributed by atoms with E-state index in [-0.39, 0.29) is 44.0 Å². The second-order valence-corrected chi connectivity index (χ2v) is 6.97. The first-order valence-corrected chi connectivity index (χ1v) is 5.76. The van der Waals surface area contributed by atoms with E-state index in [2.05, 4.69) is 29.6 Å². The van der Waals surface area contributed by atoms with Gasteiger partial charge in [-0.15, -0.1) is 0 Å². The molecule has 0 N–H and O–H groups in total. The van der Waals surface area contributed by atoms with Crippen molar-refractivity contribution in [2.75, 3.05) is 7.11 Å². The van der Waals surface area contributed by atoms with Crippen LogP contribution >= 0.6 is 0 Å². The minimum atomic E-state index is -1.25. The predicted molar refractivity (Wildman–Crippen MR) is 53.0 cm³/mol. The zero-order chi connectivity index (χ0) is 5.91. The molecular formula is C7H21NOSiTi. The third kappa shape index (κ3) is 36.1. The first-order valence-electron chi connectivity index (χ1n) is 2.31. The zero-order valence-corrected chi connectivity index (χ0v) is 11.4. The Morgan fingerprint density at radius 2 is 1.27 bits per heavy atom. The average molecular weight is 211 g/mol. The maximum absolute atomic E-state index is 4.59. The van der Waals surface area contributed by atoms with Gasteiger partial charge >= 0.3 is 21.7 Å². The van der Waals surface area contributed by atoms with Crippen LogP contribution in [0.2, 0.25) is 19.6 Å². The van der Waals surface area contributed by atoms with Gasteiger partial charge in [0.25, 0.3) is 0 Å². The fraction of sp³-hybridized carbons (Fsp3) is 0.571. The molecule has 0 spiro atoms. The van der Waals surface area contributed by atoms with Crippen molar-refractivity contribution in [1.82, 2.24) is 0 Å². The van der Waals surface area contributed by atoms with Gasteiger partial charge in [-0.1, -0.05) is 19.6 Å². The van der Waals surface area contributed by atoms with E-state index in [4.69, 9.17) is 0 Å². The Hall–Kier alpha value is 0.851. The van der Waals surface area contributed by atoms with Gasteiger partial charge in [-0.05, 0) is 8.24 Å². The minimum Gasteiger partial charge on any atom is -0.537 e.